The SMILES string of the molecule is COc1cc(OC)nc(NS(=O)(=O)c2ccc(CO)o2)n1. The first-order chi connectivity index (χ1) is 9.98. The first kappa shape index (κ1) is 15.1. The molecule has 0 saturated heterocycles. The molecule has 2 rings (SSSR count). The van der Waals surface area contributed by atoms with Gasteiger partial charge in [-0.15, -0.1) is 0 Å². The Kier molecular flexibility index (Phi) is 4.29. The number of aliphatic hydroxyl groups excluding tert-OH is 1. The van der Waals surface area contributed by atoms with Crippen LogP contribution in [0, 0.1) is 0 Å². The van der Waals surface area contributed by atoms with Gasteiger partial charge in [-0.3, -0.25) is 0 Å². The Hall–Kier alpha value is -2.33. The molecule has 2 heterocycles. The first-order valence-electron chi connectivity index (χ1n) is 5.68. The lowest BCUT2D eigenvalue weighted by molar-refractivity contribution is 0.236. The Morgan fingerprint density at radius 2 is 1.86 bits per heavy atom. The number of hydrogen-bond acceptors (Lipinski definition) is 8. The topological polar surface area (TPSA) is 124 Å². The van der Waals surface area contributed by atoms with E-state index in [1.165, 1.54) is 32.4 Å². The van der Waals surface area contributed by atoms with Gasteiger partial charge in [0.2, 0.25) is 22.8 Å². The number of methoxy groups -OCH3 is 2. The van der Waals surface area contributed by atoms with Crippen LogP contribution in [0.5, 0.6) is 11.8 Å². The van der Waals surface area contributed by atoms with Crippen molar-refractivity contribution >= 4 is 16.0 Å². The molecule has 0 amide bonds. The normalized spacial score (nSPS) is 11.2. The number of hydrogen-bond donors (Lipinski definition) is 2. The van der Waals surface area contributed by atoms with Crippen molar-refractivity contribution in [1.82, 2.24) is 9.97 Å². The molecule has 21 heavy (non-hydrogen) atoms. The monoisotopic (exact) mass is 315 g/mol. The Morgan fingerprint density at radius 3 is 2.33 bits per heavy atom. The van der Waals surface area contributed by atoms with Gasteiger partial charge in [-0.05, 0) is 12.1 Å². The summed E-state index contributed by atoms with van der Waals surface area (Å²) in [6, 6.07) is 3.96. The van der Waals surface area contributed by atoms with Crippen LogP contribution in [0.25, 0.3) is 0 Å². The van der Waals surface area contributed by atoms with Crippen LogP contribution in [0.2, 0.25) is 0 Å². The molecule has 0 fully saturated rings. The number of rotatable bonds is 6. The molecule has 0 aliphatic rings. The van der Waals surface area contributed by atoms with Crippen molar-refractivity contribution in [3.05, 3.63) is 24.0 Å². The fourth-order valence-corrected chi connectivity index (χ4v) is 2.31. The van der Waals surface area contributed by atoms with Crippen LogP contribution in [-0.2, 0) is 16.6 Å². The van der Waals surface area contributed by atoms with Crippen molar-refractivity contribution in [2.24, 2.45) is 0 Å². The maximum absolute atomic E-state index is 12.1. The van der Waals surface area contributed by atoms with Crippen LogP contribution in [0.3, 0.4) is 0 Å². The third kappa shape index (κ3) is 3.41. The molecule has 114 valence electrons. The quantitative estimate of drug-likeness (QED) is 0.784. The number of sulfonamides is 1. The van der Waals surface area contributed by atoms with Crippen LogP contribution in [0.15, 0.2) is 27.7 Å². The summed E-state index contributed by atoms with van der Waals surface area (Å²) in [5, 5.41) is 8.51. The van der Waals surface area contributed by atoms with E-state index in [1.807, 2.05) is 0 Å². The van der Waals surface area contributed by atoms with E-state index in [9.17, 15) is 8.42 Å². The Morgan fingerprint density at radius 1 is 1.24 bits per heavy atom. The molecule has 0 atom stereocenters. The largest absolute Gasteiger partial charge is 0.481 e. The van der Waals surface area contributed by atoms with E-state index < -0.39 is 16.6 Å². The van der Waals surface area contributed by atoms with E-state index in [-0.39, 0.29) is 28.6 Å². The summed E-state index contributed by atoms with van der Waals surface area (Å²) in [6.07, 6.45) is 0. The molecule has 2 N–H and O–H groups in total. The summed E-state index contributed by atoms with van der Waals surface area (Å²) in [4.78, 5) is 7.69. The smallest absolute Gasteiger partial charge is 0.297 e. The third-order valence-corrected chi connectivity index (χ3v) is 3.58. The number of ether oxygens (including phenoxy) is 2. The predicted octanol–water partition coefficient (Wildman–Crippen LogP) is 0.380. The average Bonchev–Trinajstić information content (AvgIpc) is 2.96. The van der Waals surface area contributed by atoms with Crippen molar-refractivity contribution in [2.45, 2.75) is 11.7 Å². The van der Waals surface area contributed by atoms with Gasteiger partial charge in [0.25, 0.3) is 10.0 Å². The minimum Gasteiger partial charge on any atom is -0.481 e. The predicted molar refractivity (Wildman–Crippen MR) is 70.6 cm³/mol. The van der Waals surface area contributed by atoms with Gasteiger partial charge in [-0.25, -0.2) is 4.72 Å². The van der Waals surface area contributed by atoms with Gasteiger partial charge in [0.1, 0.15) is 12.4 Å². The minimum atomic E-state index is -4.02. The molecule has 2 aromatic rings. The van der Waals surface area contributed by atoms with Gasteiger partial charge in [0.15, 0.2) is 0 Å². The Labute approximate surface area is 120 Å². The van der Waals surface area contributed by atoms with E-state index in [0.29, 0.717) is 0 Å². The molecule has 0 saturated carbocycles. The molecule has 0 aliphatic heterocycles. The summed E-state index contributed by atoms with van der Waals surface area (Å²) in [6.45, 7) is -0.404. The summed E-state index contributed by atoms with van der Waals surface area (Å²) >= 11 is 0. The molecular weight excluding hydrogens is 302 g/mol. The molecule has 0 unspecified atom stereocenters. The Bertz CT molecular complexity index is 705. The second-order valence-corrected chi connectivity index (χ2v) is 5.37. The lowest BCUT2D eigenvalue weighted by Gasteiger charge is -2.07. The van der Waals surface area contributed by atoms with Gasteiger partial charge in [0, 0.05) is 0 Å². The standard InChI is InChI=1S/C11H13N3O6S/c1-18-8-5-9(19-2)13-11(12-8)14-21(16,17)10-4-3-7(6-15)20-10/h3-5,15H,6H2,1-2H3,(H,12,13,14). The van der Waals surface area contributed by atoms with Crippen LogP contribution in [-0.4, -0.2) is 37.7 Å². The maximum Gasteiger partial charge on any atom is 0.297 e. The van der Waals surface area contributed by atoms with Crippen molar-refractivity contribution < 1.29 is 27.4 Å². The molecule has 9 nitrogen and oxygen atoms in total. The fraction of sp³-hybridized carbons (Fsp3) is 0.273. The molecular formula is C11H13N3O6S. The second kappa shape index (κ2) is 5.97. The molecule has 0 bridgehead atoms. The van der Waals surface area contributed by atoms with Crippen LogP contribution in [0.1, 0.15) is 5.76 Å². The zero-order valence-corrected chi connectivity index (χ0v) is 12.0. The minimum absolute atomic E-state index is 0.125. The van der Waals surface area contributed by atoms with Crippen molar-refractivity contribution in [3.63, 3.8) is 0 Å². The van der Waals surface area contributed by atoms with E-state index in [1.54, 1.807) is 0 Å². The zero-order chi connectivity index (χ0) is 15.5. The van der Waals surface area contributed by atoms with E-state index in [4.69, 9.17) is 19.0 Å². The highest BCUT2D eigenvalue weighted by Gasteiger charge is 2.21. The number of aliphatic hydroxyl groups is 1. The summed E-state index contributed by atoms with van der Waals surface area (Å²) in [5.74, 6) is 0.165. The number of aromatic nitrogens is 2. The van der Waals surface area contributed by atoms with Gasteiger partial charge >= 0.3 is 0 Å². The first-order valence-corrected chi connectivity index (χ1v) is 7.16. The van der Waals surface area contributed by atoms with Gasteiger partial charge in [0.05, 0.1) is 20.3 Å². The molecule has 10 heteroatoms. The van der Waals surface area contributed by atoms with Crippen molar-refractivity contribution in [1.29, 1.82) is 0 Å². The maximum atomic E-state index is 12.1. The third-order valence-electron chi connectivity index (χ3n) is 2.38. The molecule has 0 radical (unpaired) electrons. The van der Waals surface area contributed by atoms with Crippen LogP contribution < -0.4 is 14.2 Å². The van der Waals surface area contributed by atoms with Gasteiger partial charge < -0.3 is 19.0 Å². The molecule has 0 spiro atoms. The second-order valence-electron chi connectivity index (χ2n) is 3.76. The highest BCUT2D eigenvalue weighted by Crippen LogP contribution is 2.21. The number of nitrogens with zero attached hydrogens (tertiary/aromatic N) is 2. The van der Waals surface area contributed by atoms with E-state index >= 15 is 0 Å². The number of nitrogens with one attached hydrogen (secondary N) is 1. The van der Waals surface area contributed by atoms with Crippen LogP contribution in [0.4, 0.5) is 5.95 Å². The van der Waals surface area contributed by atoms with E-state index in [2.05, 4.69) is 14.7 Å². The van der Waals surface area contributed by atoms with Crippen molar-refractivity contribution in [2.75, 3.05) is 18.9 Å². The number of furan rings is 1. The Balaban J connectivity index is 2.31. The van der Waals surface area contributed by atoms with Crippen LogP contribution >= 0.6 is 0 Å². The fourth-order valence-electron chi connectivity index (χ4n) is 1.42. The lowest BCUT2D eigenvalue weighted by Crippen LogP contribution is -2.15. The highest BCUT2D eigenvalue weighted by molar-refractivity contribution is 7.92. The van der Waals surface area contributed by atoms with E-state index in [0.717, 1.165) is 0 Å². The summed E-state index contributed by atoms with van der Waals surface area (Å²) < 4.78 is 41.1. The molecule has 0 aliphatic carbocycles. The van der Waals surface area contributed by atoms with Gasteiger partial charge in [-0.1, -0.05) is 0 Å². The highest BCUT2D eigenvalue weighted by atomic mass is 32.2. The summed E-state index contributed by atoms with van der Waals surface area (Å²) in [5.41, 5.74) is 0. The van der Waals surface area contributed by atoms with Gasteiger partial charge in [-0.2, -0.15) is 18.4 Å². The molecule has 2 aromatic heterocycles. The summed E-state index contributed by atoms with van der Waals surface area (Å²) in [7, 11) is -1.27. The molecule has 0 aromatic carbocycles. The average molecular weight is 315 g/mol. The van der Waals surface area contributed by atoms with Crippen molar-refractivity contribution in [3.8, 4) is 11.8 Å². The number of anilines is 1. The zero-order valence-electron chi connectivity index (χ0n) is 11.2. The lowest BCUT2D eigenvalue weighted by atomic mass is 10.5.